The first kappa shape index (κ1) is 32.8. The number of hydrogen-bond donors (Lipinski definition) is 0. The van der Waals surface area contributed by atoms with E-state index in [0.29, 0.717) is 0 Å². The summed E-state index contributed by atoms with van der Waals surface area (Å²) in [7, 11) is 0. The third-order valence-electron chi connectivity index (χ3n) is 11.6. The molecular formula is C54H34N2OS. The normalized spacial score (nSPS) is 11.8. The van der Waals surface area contributed by atoms with Crippen LogP contribution in [0.25, 0.3) is 91.9 Å². The number of rotatable bonds is 6. The Bertz CT molecular complexity index is 3460. The molecule has 0 fully saturated rings. The summed E-state index contributed by atoms with van der Waals surface area (Å²) in [4.78, 5) is 2.34. The Balaban J connectivity index is 0.929. The third kappa shape index (κ3) is 5.19. The van der Waals surface area contributed by atoms with Crippen LogP contribution in [0, 0.1) is 0 Å². The molecule has 0 aliphatic heterocycles. The zero-order valence-corrected chi connectivity index (χ0v) is 32.2. The minimum absolute atomic E-state index is 0.877. The van der Waals surface area contributed by atoms with Gasteiger partial charge in [-0.25, -0.2) is 0 Å². The SMILES string of the molecule is c1ccc(-n2c3ccccc3c3ccccc32)c(-c2ccc(-c3ccc(N(c4ccc5c(c4)oc4ccccc45)c4ccc5sc6ccccc6c5c4)cc3)cc2)c1. The highest BCUT2D eigenvalue weighted by Gasteiger charge is 2.18. The largest absolute Gasteiger partial charge is 0.456 e. The van der Waals surface area contributed by atoms with Crippen molar-refractivity contribution in [3.05, 3.63) is 206 Å². The fourth-order valence-electron chi connectivity index (χ4n) is 8.89. The Morgan fingerprint density at radius 1 is 0.362 bits per heavy atom. The van der Waals surface area contributed by atoms with Gasteiger partial charge in [0.1, 0.15) is 11.2 Å². The summed E-state index contributed by atoms with van der Waals surface area (Å²) in [5.74, 6) is 0. The minimum atomic E-state index is 0.877. The molecule has 0 aliphatic carbocycles. The van der Waals surface area contributed by atoms with Gasteiger partial charge in [0.2, 0.25) is 0 Å². The van der Waals surface area contributed by atoms with E-state index in [1.807, 2.05) is 23.5 Å². The molecular weight excluding hydrogens is 725 g/mol. The summed E-state index contributed by atoms with van der Waals surface area (Å²) in [6.07, 6.45) is 0. The molecule has 0 saturated heterocycles. The molecule has 0 atom stereocenters. The van der Waals surface area contributed by atoms with Gasteiger partial charge in [-0.05, 0) is 89.5 Å². The highest BCUT2D eigenvalue weighted by Crippen LogP contribution is 2.43. The number of fused-ring (bicyclic) bond motifs is 9. The smallest absolute Gasteiger partial charge is 0.137 e. The maximum atomic E-state index is 6.39. The third-order valence-corrected chi connectivity index (χ3v) is 12.8. The van der Waals surface area contributed by atoms with Gasteiger partial charge in [-0.1, -0.05) is 127 Å². The predicted octanol–water partition coefficient (Wildman–Crippen LogP) is 15.9. The van der Waals surface area contributed by atoms with E-state index in [1.54, 1.807) is 0 Å². The molecule has 3 aromatic heterocycles. The summed E-state index contributed by atoms with van der Waals surface area (Å²) in [6, 6.07) is 74.4. The zero-order valence-electron chi connectivity index (χ0n) is 31.3. The maximum absolute atomic E-state index is 6.39. The topological polar surface area (TPSA) is 21.3 Å². The fraction of sp³-hybridized carbons (Fsp3) is 0. The fourth-order valence-corrected chi connectivity index (χ4v) is 9.98. The van der Waals surface area contributed by atoms with Crippen molar-refractivity contribution in [1.82, 2.24) is 4.57 Å². The summed E-state index contributed by atoms with van der Waals surface area (Å²) < 4.78 is 11.4. The van der Waals surface area contributed by atoms with Crippen LogP contribution in [0.4, 0.5) is 17.1 Å². The van der Waals surface area contributed by atoms with E-state index in [0.717, 1.165) is 44.6 Å². The summed E-state index contributed by atoms with van der Waals surface area (Å²) in [5.41, 5.74) is 13.3. The number of aromatic nitrogens is 1. The second-order valence-corrected chi connectivity index (χ2v) is 16.0. The molecule has 0 N–H and O–H groups in total. The van der Waals surface area contributed by atoms with Crippen LogP contribution in [0.15, 0.2) is 211 Å². The van der Waals surface area contributed by atoms with Crippen molar-refractivity contribution in [3.63, 3.8) is 0 Å². The van der Waals surface area contributed by atoms with Crippen LogP contribution in [-0.2, 0) is 0 Å². The molecule has 0 amide bonds. The number of anilines is 3. The summed E-state index contributed by atoms with van der Waals surface area (Å²) >= 11 is 1.84. The number of benzene rings is 9. The van der Waals surface area contributed by atoms with Crippen LogP contribution in [-0.4, -0.2) is 4.57 Å². The molecule has 12 rings (SSSR count). The molecule has 0 aliphatic rings. The number of furan rings is 1. The molecule has 0 saturated carbocycles. The van der Waals surface area contributed by atoms with Gasteiger partial charge in [0.15, 0.2) is 0 Å². The van der Waals surface area contributed by atoms with Gasteiger partial charge in [-0.15, -0.1) is 11.3 Å². The van der Waals surface area contributed by atoms with Gasteiger partial charge in [-0.3, -0.25) is 0 Å². The Morgan fingerprint density at radius 3 is 1.67 bits per heavy atom. The van der Waals surface area contributed by atoms with Crippen molar-refractivity contribution in [3.8, 4) is 27.9 Å². The molecule has 0 unspecified atom stereocenters. The van der Waals surface area contributed by atoms with Gasteiger partial charge in [0, 0.05) is 70.4 Å². The van der Waals surface area contributed by atoms with E-state index < -0.39 is 0 Å². The van der Waals surface area contributed by atoms with E-state index in [2.05, 4.69) is 204 Å². The molecule has 9 aromatic carbocycles. The number of thiophene rings is 1. The average molecular weight is 759 g/mol. The number of para-hydroxylation sites is 4. The van der Waals surface area contributed by atoms with Crippen molar-refractivity contribution < 1.29 is 4.42 Å². The van der Waals surface area contributed by atoms with Gasteiger partial charge < -0.3 is 13.9 Å². The van der Waals surface area contributed by atoms with E-state index in [-0.39, 0.29) is 0 Å². The van der Waals surface area contributed by atoms with Crippen LogP contribution < -0.4 is 4.90 Å². The van der Waals surface area contributed by atoms with Crippen LogP contribution in [0.2, 0.25) is 0 Å². The van der Waals surface area contributed by atoms with Crippen molar-refractivity contribution in [2.45, 2.75) is 0 Å². The van der Waals surface area contributed by atoms with E-state index in [9.17, 15) is 0 Å². The van der Waals surface area contributed by atoms with Crippen LogP contribution in [0.1, 0.15) is 0 Å². The maximum Gasteiger partial charge on any atom is 0.137 e. The Labute approximate surface area is 338 Å². The molecule has 4 heteroatoms. The van der Waals surface area contributed by atoms with Crippen LogP contribution in [0.3, 0.4) is 0 Å². The minimum Gasteiger partial charge on any atom is -0.456 e. The van der Waals surface area contributed by atoms with Gasteiger partial charge in [0.25, 0.3) is 0 Å². The first-order valence-electron chi connectivity index (χ1n) is 19.7. The monoisotopic (exact) mass is 758 g/mol. The average Bonchev–Trinajstić information content (AvgIpc) is 3.96. The van der Waals surface area contributed by atoms with Crippen molar-refractivity contribution in [2.75, 3.05) is 4.90 Å². The lowest BCUT2D eigenvalue weighted by molar-refractivity contribution is 0.669. The standard InChI is InChI=1S/C54H34N2OS/c1-6-16-48(56-49-17-7-2-12-42(49)43-13-3-8-18-50(43)56)41(11-1)37-23-21-35(22-24-37)36-25-27-38(28-26-36)55(39-30-32-54-47(33-39)46-15-5-10-20-53(46)58-54)40-29-31-45-44-14-4-9-19-51(44)57-52(45)34-40/h1-34H. The summed E-state index contributed by atoms with van der Waals surface area (Å²) in [6.45, 7) is 0. The van der Waals surface area contributed by atoms with Gasteiger partial charge >= 0.3 is 0 Å². The van der Waals surface area contributed by atoms with E-state index >= 15 is 0 Å². The van der Waals surface area contributed by atoms with E-state index in [4.69, 9.17) is 4.42 Å². The second-order valence-electron chi connectivity index (χ2n) is 14.9. The Hall–Kier alpha value is -7.40. The molecule has 0 radical (unpaired) electrons. The predicted molar refractivity (Wildman–Crippen MR) is 247 cm³/mol. The Morgan fingerprint density at radius 2 is 0.897 bits per heavy atom. The molecule has 58 heavy (non-hydrogen) atoms. The van der Waals surface area contributed by atoms with Crippen molar-refractivity contribution in [1.29, 1.82) is 0 Å². The van der Waals surface area contributed by atoms with E-state index in [1.165, 1.54) is 64.4 Å². The Kier molecular flexibility index (Phi) is 7.40. The lowest BCUT2D eigenvalue weighted by Crippen LogP contribution is -2.09. The first-order valence-corrected chi connectivity index (χ1v) is 20.5. The van der Waals surface area contributed by atoms with Crippen molar-refractivity contribution >= 4 is 92.3 Å². The number of nitrogens with zero attached hydrogens (tertiary/aromatic N) is 2. The lowest BCUT2D eigenvalue weighted by atomic mass is 9.98. The molecule has 3 nitrogen and oxygen atoms in total. The van der Waals surface area contributed by atoms with Crippen LogP contribution >= 0.6 is 11.3 Å². The lowest BCUT2D eigenvalue weighted by Gasteiger charge is -2.26. The van der Waals surface area contributed by atoms with Gasteiger partial charge in [-0.2, -0.15) is 0 Å². The highest BCUT2D eigenvalue weighted by atomic mass is 32.1. The molecule has 272 valence electrons. The summed E-state index contributed by atoms with van der Waals surface area (Å²) in [5, 5.41) is 7.34. The van der Waals surface area contributed by atoms with Crippen molar-refractivity contribution in [2.24, 2.45) is 0 Å². The second kappa shape index (κ2) is 13.1. The first-order chi connectivity index (χ1) is 28.7. The van der Waals surface area contributed by atoms with Gasteiger partial charge in [0.05, 0.1) is 16.7 Å². The zero-order chi connectivity index (χ0) is 38.2. The highest BCUT2D eigenvalue weighted by molar-refractivity contribution is 7.25. The molecule has 3 heterocycles. The quantitative estimate of drug-likeness (QED) is 0.168. The molecule has 12 aromatic rings. The van der Waals surface area contributed by atoms with Crippen LogP contribution in [0.5, 0.6) is 0 Å². The number of hydrogen-bond acceptors (Lipinski definition) is 3. The molecule has 0 spiro atoms. The molecule has 0 bridgehead atoms.